The molecule has 1 amide bonds. The molecule has 3 rings (SSSR count). The van der Waals surface area contributed by atoms with E-state index in [0.717, 1.165) is 18.2 Å². The van der Waals surface area contributed by atoms with Crippen molar-refractivity contribution in [3.8, 4) is 6.07 Å². The van der Waals surface area contributed by atoms with Crippen molar-refractivity contribution in [1.82, 2.24) is 9.97 Å². The average molecular weight is 366 g/mol. The Kier molecular flexibility index (Phi) is 5.06. The summed E-state index contributed by atoms with van der Waals surface area (Å²) in [6.07, 6.45) is 0.744. The zero-order valence-electron chi connectivity index (χ0n) is 12.4. The number of alkyl halides is 2. The van der Waals surface area contributed by atoms with Gasteiger partial charge in [0.25, 0.3) is 6.43 Å². The van der Waals surface area contributed by atoms with Crippen LogP contribution in [0.5, 0.6) is 0 Å². The highest BCUT2D eigenvalue weighted by Gasteiger charge is 2.28. The molecular weight excluding hydrogens is 354 g/mol. The van der Waals surface area contributed by atoms with Gasteiger partial charge in [-0.3, -0.25) is 4.79 Å². The van der Waals surface area contributed by atoms with Crippen LogP contribution in [0.15, 0.2) is 16.6 Å². The van der Waals surface area contributed by atoms with Gasteiger partial charge in [0.2, 0.25) is 5.91 Å². The van der Waals surface area contributed by atoms with Crippen LogP contribution in [-0.2, 0) is 17.6 Å². The van der Waals surface area contributed by atoms with Gasteiger partial charge in [-0.2, -0.15) is 5.26 Å². The molecule has 5 nitrogen and oxygen atoms in total. The summed E-state index contributed by atoms with van der Waals surface area (Å²) in [5.41, 5.74) is 0.783. The summed E-state index contributed by atoms with van der Waals surface area (Å²) in [5, 5.41) is 14.3. The molecule has 24 heavy (non-hydrogen) atoms. The fraction of sp³-hybridized carbons (Fsp3) is 0.333. The number of nitrogens with one attached hydrogen (secondary N) is 1. The number of thioether (sulfide) groups is 1. The number of halogens is 2. The number of rotatable bonds is 5. The molecule has 9 heteroatoms. The number of carbonyl (C=O) groups is 1. The number of nitrogens with zero attached hydrogens (tertiary/aromatic N) is 3. The summed E-state index contributed by atoms with van der Waals surface area (Å²) in [5.74, 6) is -0.345. The summed E-state index contributed by atoms with van der Waals surface area (Å²) in [6, 6.07) is 1.84. The summed E-state index contributed by atoms with van der Waals surface area (Å²) >= 11 is 2.28. The summed E-state index contributed by atoms with van der Waals surface area (Å²) < 4.78 is 26.9. The molecule has 0 bridgehead atoms. The number of aryl methyl sites for hydroxylation is 1. The van der Waals surface area contributed by atoms with Gasteiger partial charge in [0, 0.05) is 22.8 Å². The van der Waals surface area contributed by atoms with Crippen molar-refractivity contribution in [2.75, 3.05) is 11.1 Å². The molecule has 1 aliphatic carbocycles. The maximum atomic E-state index is 13.4. The largest absolute Gasteiger partial charge is 0.301 e. The monoisotopic (exact) mass is 366 g/mol. The van der Waals surface area contributed by atoms with E-state index in [1.165, 1.54) is 11.3 Å². The summed E-state index contributed by atoms with van der Waals surface area (Å²) in [6.45, 7) is 0. The van der Waals surface area contributed by atoms with Crippen LogP contribution in [-0.4, -0.2) is 21.6 Å². The molecule has 0 fully saturated rings. The number of anilines is 1. The Morgan fingerprint density at radius 3 is 3.00 bits per heavy atom. The Balaban J connectivity index is 1.82. The number of thiazole rings is 1. The number of hydrogen-bond acceptors (Lipinski definition) is 6. The van der Waals surface area contributed by atoms with E-state index < -0.39 is 6.43 Å². The van der Waals surface area contributed by atoms with Gasteiger partial charge in [0.05, 0.1) is 11.3 Å². The van der Waals surface area contributed by atoms with Gasteiger partial charge >= 0.3 is 0 Å². The standard InChI is InChI=1S/C15H12F2N4OS2/c16-13(17)12-8-2-1-3-10(8)20-14(9(12)6-18)24-7-11(22)21-15-19-4-5-23-15/h4-5,13H,1-3,7H2,(H,19,21,22). The smallest absolute Gasteiger partial charge is 0.265 e. The van der Waals surface area contributed by atoms with Crippen molar-refractivity contribution in [2.24, 2.45) is 0 Å². The minimum Gasteiger partial charge on any atom is -0.301 e. The topological polar surface area (TPSA) is 78.7 Å². The van der Waals surface area contributed by atoms with Crippen molar-refractivity contribution in [2.45, 2.75) is 30.7 Å². The van der Waals surface area contributed by atoms with Crippen LogP contribution in [0.1, 0.15) is 35.2 Å². The third kappa shape index (κ3) is 3.39. The van der Waals surface area contributed by atoms with E-state index in [2.05, 4.69) is 15.3 Å². The normalized spacial score (nSPS) is 12.9. The van der Waals surface area contributed by atoms with E-state index >= 15 is 0 Å². The second-order valence-corrected chi connectivity index (χ2v) is 6.93. The number of carbonyl (C=O) groups excluding carboxylic acids is 1. The Morgan fingerprint density at radius 2 is 2.33 bits per heavy atom. The maximum Gasteiger partial charge on any atom is 0.265 e. The van der Waals surface area contributed by atoms with Crippen LogP contribution in [0.2, 0.25) is 0 Å². The lowest BCUT2D eigenvalue weighted by molar-refractivity contribution is -0.113. The van der Waals surface area contributed by atoms with Crippen molar-refractivity contribution in [3.63, 3.8) is 0 Å². The van der Waals surface area contributed by atoms with Crippen LogP contribution in [0.4, 0.5) is 13.9 Å². The molecule has 1 aliphatic rings. The highest BCUT2D eigenvalue weighted by atomic mass is 32.2. The number of hydrogen-bond donors (Lipinski definition) is 1. The van der Waals surface area contributed by atoms with E-state index in [1.807, 2.05) is 6.07 Å². The van der Waals surface area contributed by atoms with Crippen molar-refractivity contribution in [1.29, 1.82) is 5.26 Å². The summed E-state index contributed by atoms with van der Waals surface area (Å²) in [7, 11) is 0. The van der Waals surface area contributed by atoms with Crippen molar-refractivity contribution < 1.29 is 13.6 Å². The molecule has 0 aromatic carbocycles. The minimum absolute atomic E-state index is 0.0251. The second kappa shape index (κ2) is 7.23. The molecule has 0 unspecified atom stereocenters. The SMILES string of the molecule is N#Cc1c(SCC(=O)Nc2nccs2)nc2c(c1C(F)F)CCC2. The van der Waals surface area contributed by atoms with Crippen LogP contribution in [0, 0.1) is 11.3 Å². The van der Waals surface area contributed by atoms with Gasteiger partial charge in [0.1, 0.15) is 11.1 Å². The molecule has 0 radical (unpaired) electrons. The van der Waals surface area contributed by atoms with Crippen LogP contribution in [0.25, 0.3) is 0 Å². The van der Waals surface area contributed by atoms with E-state index in [0.29, 0.717) is 29.2 Å². The third-order valence-corrected chi connectivity index (χ3v) is 5.25. The van der Waals surface area contributed by atoms with Gasteiger partial charge < -0.3 is 5.32 Å². The lowest BCUT2D eigenvalue weighted by atomic mass is 10.0. The molecule has 1 N–H and O–H groups in total. The first kappa shape index (κ1) is 16.8. The second-order valence-electron chi connectivity index (χ2n) is 5.07. The van der Waals surface area contributed by atoms with Gasteiger partial charge in [-0.25, -0.2) is 18.7 Å². The molecule has 0 saturated carbocycles. The Morgan fingerprint density at radius 1 is 1.50 bits per heavy atom. The van der Waals surface area contributed by atoms with Crippen molar-refractivity contribution >= 4 is 34.1 Å². The molecule has 0 spiro atoms. The first-order chi connectivity index (χ1) is 11.6. The zero-order chi connectivity index (χ0) is 17.1. The minimum atomic E-state index is -2.72. The van der Waals surface area contributed by atoms with Gasteiger partial charge in [-0.15, -0.1) is 11.3 Å². The highest BCUT2D eigenvalue weighted by molar-refractivity contribution is 8.00. The predicted molar refractivity (Wildman–Crippen MR) is 87.4 cm³/mol. The number of fused-ring (bicyclic) bond motifs is 1. The molecule has 2 heterocycles. The van der Waals surface area contributed by atoms with Crippen LogP contribution < -0.4 is 5.32 Å². The third-order valence-electron chi connectivity index (χ3n) is 3.58. The van der Waals surface area contributed by atoms with E-state index in [9.17, 15) is 18.8 Å². The number of aromatic nitrogens is 2. The number of nitriles is 1. The lowest BCUT2D eigenvalue weighted by Gasteiger charge is -2.13. The Labute approximate surface area is 145 Å². The van der Waals surface area contributed by atoms with Gasteiger partial charge in [-0.1, -0.05) is 11.8 Å². The van der Waals surface area contributed by atoms with E-state index in [4.69, 9.17) is 0 Å². The Bertz CT molecular complexity index is 803. The van der Waals surface area contributed by atoms with Gasteiger partial charge in [-0.05, 0) is 24.8 Å². The molecule has 0 atom stereocenters. The molecule has 0 aliphatic heterocycles. The molecule has 2 aromatic rings. The van der Waals surface area contributed by atoms with Gasteiger partial charge in [0.15, 0.2) is 5.13 Å². The fourth-order valence-electron chi connectivity index (χ4n) is 2.61. The molecular formula is C15H12F2N4OS2. The van der Waals surface area contributed by atoms with E-state index in [1.54, 1.807) is 11.6 Å². The van der Waals surface area contributed by atoms with E-state index in [-0.39, 0.29) is 27.8 Å². The molecule has 124 valence electrons. The molecule has 2 aromatic heterocycles. The highest BCUT2D eigenvalue weighted by Crippen LogP contribution is 2.37. The zero-order valence-corrected chi connectivity index (χ0v) is 14.0. The first-order valence-electron chi connectivity index (χ1n) is 7.16. The van der Waals surface area contributed by atoms with Crippen LogP contribution in [0.3, 0.4) is 0 Å². The maximum absolute atomic E-state index is 13.4. The number of amides is 1. The summed E-state index contributed by atoms with van der Waals surface area (Å²) in [4.78, 5) is 20.2. The predicted octanol–water partition coefficient (Wildman–Crippen LogP) is 3.57. The molecule has 0 saturated heterocycles. The lowest BCUT2D eigenvalue weighted by Crippen LogP contribution is -2.14. The first-order valence-corrected chi connectivity index (χ1v) is 9.02. The fourth-order valence-corrected chi connectivity index (χ4v) is 3.97. The van der Waals surface area contributed by atoms with Crippen molar-refractivity contribution in [3.05, 3.63) is 34.0 Å². The van der Waals surface area contributed by atoms with Crippen LogP contribution >= 0.6 is 23.1 Å². The quantitative estimate of drug-likeness (QED) is 0.819. The Hall–Kier alpha value is -2.05. The number of pyridine rings is 1. The average Bonchev–Trinajstić information content (AvgIpc) is 3.22.